The fourth-order valence-electron chi connectivity index (χ4n) is 1.51. The van der Waals surface area contributed by atoms with Gasteiger partial charge < -0.3 is 9.84 Å². The Hall–Kier alpha value is -2.87. The van der Waals surface area contributed by atoms with Gasteiger partial charge in [0.15, 0.2) is 0 Å². The number of ether oxygens (including phenoxy) is 1. The Morgan fingerprint density at radius 2 is 2.00 bits per heavy atom. The summed E-state index contributed by atoms with van der Waals surface area (Å²) in [6, 6.07) is 13.5. The molecule has 19 heavy (non-hydrogen) atoms. The van der Waals surface area contributed by atoms with Crippen LogP contribution in [0.1, 0.15) is 11.1 Å². The molecule has 5 heteroatoms. The van der Waals surface area contributed by atoms with Gasteiger partial charge in [-0.15, -0.1) is 0 Å². The normalized spacial score (nSPS) is 10.8. The predicted octanol–water partition coefficient (Wildman–Crippen LogP) is 0.425. The SMILES string of the molecule is COc1cccc[n+]1/N=C(\[O-])c1ccc(C#N)cc1. The van der Waals surface area contributed by atoms with E-state index in [2.05, 4.69) is 5.10 Å². The lowest BCUT2D eigenvalue weighted by molar-refractivity contribution is -0.686. The van der Waals surface area contributed by atoms with E-state index in [4.69, 9.17) is 10.00 Å². The van der Waals surface area contributed by atoms with Crippen LogP contribution in [-0.2, 0) is 0 Å². The summed E-state index contributed by atoms with van der Waals surface area (Å²) in [5.41, 5.74) is 0.916. The van der Waals surface area contributed by atoms with E-state index in [-0.39, 0.29) is 0 Å². The summed E-state index contributed by atoms with van der Waals surface area (Å²) in [4.78, 5) is 0. The average molecular weight is 253 g/mol. The van der Waals surface area contributed by atoms with Crippen LogP contribution in [0, 0.1) is 11.3 Å². The molecule has 0 saturated heterocycles. The highest BCUT2D eigenvalue weighted by atomic mass is 16.5. The van der Waals surface area contributed by atoms with Crippen LogP contribution >= 0.6 is 0 Å². The molecule has 0 N–H and O–H groups in total. The number of benzene rings is 1. The quantitative estimate of drug-likeness (QED) is 0.452. The number of hydrogen-bond donors (Lipinski definition) is 0. The lowest BCUT2D eigenvalue weighted by Gasteiger charge is -2.07. The molecule has 0 fully saturated rings. The number of pyridine rings is 1. The zero-order chi connectivity index (χ0) is 13.7. The first-order valence-electron chi connectivity index (χ1n) is 5.56. The molecule has 5 nitrogen and oxygen atoms in total. The molecule has 0 aliphatic rings. The molecular weight excluding hydrogens is 242 g/mol. The van der Waals surface area contributed by atoms with Crippen molar-refractivity contribution in [3.05, 3.63) is 59.8 Å². The van der Waals surface area contributed by atoms with Crippen LogP contribution in [0.25, 0.3) is 0 Å². The van der Waals surface area contributed by atoms with Gasteiger partial charge in [-0.1, -0.05) is 12.1 Å². The number of rotatable bonds is 3. The third-order valence-corrected chi connectivity index (χ3v) is 2.47. The molecule has 0 aliphatic heterocycles. The Morgan fingerprint density at radius 1 is 1.26 bits per heavy atom. The molecule has 0 aliphatic carbocycles. The summed E-state index contributed by atoms with van der Waals surface area (Å²) in [5, 5.41) is 24.6. The van der Waals surface area contributed by atoms with Crippen molar-refractivity contribution in [3.8, 4) is 11.9 Å². The summed E-state index contributed by atoms with van der Waals surface area (Å²) < 4.78 is 6.45. The lowest BCUT2D eigenvalue weighted by atomic mass is 10.1. The molecule has 1 heterocycles. The average Bonchev–Trinajstić information content (AvgIpc) is 2.48. The number of hydrogen-bond acceptors (Lipinski definition) is 4. The molecule has 1 aromatic heterocycles. The molecule has 1 aromatic carbocycles. The minimum absolute atomic E-state index is 0.404. The van der Waals surface area contributed by atoms with Crippen LogP contribution in [-0.4, -0.2) is 13.0 Å². The van der Waals surface area contributed by atoms with E-state index < -0.39 is 5.90 Å². The highest BCUT2D eigenvalue weighted by molar-refractivity contribution is 5.90. The van der Waals surface area contributed by atoms with Gasteiger partial charge in [-0.3, -0.25) is 0 Å². The van der Waals surface area contributed by atoms with Crippen molar-refractivity contribution >= 4 is 5.90 Å². The van der Waals surface area contributed by atoms with E-state index in [0.717, 1.165) is 0 Å². The molecule has 0 bridgehead atoms. The predicted molar refractivity (Wildman–Crippen MR) is 66.3 cm³/mol. The maximum absolute atomic E-state index is 12.0. The van der Waals surface area contributed by atoms with Gasteiger partial charge in [0.05, 0.1) is 30.7 Å². The molecule has 94 valence electrons. The van der Waals surface area contributed by atoms with Crippen molar-refractivity contribution < 1.29 is 14.5 Å². The van der Waals surface area contributed by atoms with E-state index in [1.54, 1.807) is 48.7 Å². The minimum Gasteiger partial charge on any atom is -0.854 e. The monoisotopic (exact) mass is 253 g/mol. The number of aromatic nitrogens is 1. The Labute approximate surface area is 110 Å². The van der Waals surface area contributed by atoms with E-state index in [1.807, 2.05) is 6.07 Å². The summed E-state index contributed by atoms with van der Waals surface area (Å²) in [5.74, 6) is 0.0588. The van der Waals surface area contributed by atoms with Gasteiger partial charge in [-0.05, 0) is 33.5 Å². The van der Waals surface area contributed by atoms with Crippen LogP contribution < -0.4 is 14.5 Å². The summed E-state index contributed by atoms with van der Waals surface area (Å²) >= 11 is 0. The van der Waals surface area contributed by atoms with Crippen LogP contribution in [0.3, 0.4) is 0 Å². The van der Waals surface area contributed by atoms with Gasteiger partial charge in [0.25, 0.3) is 0 Å². The fraction of sp³-hybridized carbons (Fsp3) is 0.0714. The van der Waals surface area contributed by atoms with Crippen molar-refractivity contribution in [2.75, 3.05) is 7.11 Å². The molecule has 0 radical (unpaired) electrons. The second-order valence-electron chi connectivity index (χ2n) is 3.68. The third-order valence-electron chi connectivity index (χ3n) is 2.47. The number of nitriles is 1. The lowest BCUT2D eigenvalue weighted by Crippen LogP contribution is -2.34. The van der Waals surface area contributed by atoms with Crippen LogP contribution in [0.2, 0.25) is 0 Å². The zero-order valence-corrected chi connectivity index (χ0v) is 10.3. The molecule has 0 amide bonds. The fourth-order valence-corrected chi connectivity index (χ4v) is 1.51. The number of nitrogens with zero attached hydrogens (tertiary/aromatic N) is 3. The second-order valence-corrected chi connectivity index (χ2v) is 3.68. The highest BCUT2D eigenvalue weighted by Gasteiger charge is 2.08. The van der Waals surface area contributed by atoms with E-state index in [0.29, 0.717) is 17.0 Å². The van der Waals surface area contributed by atoms with Crippen molar-refractivity contribution in [1.29, 1.82) is 5.26 Å². The topological polar surface area (TPSA) is 72.3 Å². The Morgan fingerprint density at radius 3 is 2.63 bits per heavy atom. The van der Waals surface area contributed by atoms with Crippen molar-refractivity contribution in [2.24, 2.45) is 5.10 Å². The van der Waals surface area contributed by atoms with Crippen LogP contribution in [0.5, 0.6) is 5.88 Å². The van der Waals surface area contributed by atoms with Crippen molar-refractivity contribution in [2.45, 2.75) is 0 Å². The molecule has 0 saturated carbocycles. The third kappa shape index (κ3) is 2.87. The molecule has 0 unspecified atom stereocenters. The van der Waals surface area contributed by atoms with Gasteiger partial charge in [-0.25, -0.2) is 0 Å². The minimum atomic E-state index is -0.404. The second kappa shape index (κ2) is 5.65. The Bertz CT molecular complexity index is 642. The van der Waals surface area contributed by atoms with Gasteiger partial charge in [-0.2, -0.15) is 5.26 Å². The van der Waals surface area contributed by atoms with Gasteiger partial charge in [0.2, 0.25) is 6.20 Å². The molecule has 0 atom stereocenters. The summed E-state index contributed by atoms with van der Waals surface area (Å²) in [7, 11) is 1.51. The smallest absolute Gasteiger partial charge is 0.398 e. The summed E-state index contributed by atoms with van der Waals surface area (Å²) in [6.45, 7) is 0. The molecular formula is C14H11N3O2. The van der Waals surface area contributed by atoms with E-state index in [9.17, 15) is 5.11 Å². The maximum atomic E-state index is 12.0. The van der Waals surface area contributed by atoms with Crippen LogP contribution in [0.15, 0.2) is 53.8 Å². The number of methoxy groups -OCH3 is 1. The van der Waals surface area contributed by atoms with Crippen molar-refractivity contribution in [1.82, 2.24) is 0 Å². The van der Waals surface area contributed by atoms with Gasteiger partial charge in [0, 0.05) is 6.07 Å². The van der Waals surface area contributed by atoms with E-state index in [1.165, 1.54) is 11.8 Å². The Balaban J connectivity index is 2.34. The molecule has 0 spiro atoms. The first kappa shape index (κ1) is 12.6. The van der Waals surface area contributed by atoms with Gasteiger partial charge in [0.1, 0.15) is 0 Å². The van der Waals surface area contributed by atoms with Crippen molar-refractivity contribution in [3.63, 3.8) is 0 Å². The van der Waals surface area contributed by atoms with E-state index >= 15 is 0 Å². The molecule has 2 rings (SSSR count). The largest absolute Gasteiger partial charge is 0.854 e. The first-order valence-corrected chi connectivity index (χ1v) is 5.56. The van der Waals surface area contributed by atoms with Crippen LogP contribution in [0.4, 0.5) is 0 Å². The summed E-state index contributed by atoms with van der Waals surface area (Å²) in [6.07, 6.45) is 1.63. The highest BCUT2D eigenvalue weighted by Crippen LogP contribution is 2.04. The first-order chi connectivity index (χ1) is 9.24. The maximum Gasteiger partial charge on any atom is 0.398 e. The van der Waals surface area contributed by atoms with Gasteiger partial charge >= 0.3 is 5.88 Å². The molecule has 2 aromatic rings. The zero-order valence-electron chi connectivity index (χ0n) is 10.3. The Kier molecular flexibility index (Phi) is 3.74. The standard InChI is InChI=1S/C14H11N3O2/c1-19-13-4-2-3-9-17(13)16-14(18)12-7-5-11(10-15)6-8-12/h2-9H,1H3.